The Labute approximate surface area is 149 Å². The number of ketones is 1. The number of aryl methyl sites for hydroxylation is 1. The Morgan fingerprint density at radius 1 is 1.08 bits per heavy atom. The third-order valence-corrected chi connectivity index (χ3v) is 4.39. The Hall–Kier alpha value is -2.46. The molecule has 0 saturated carbocycles. The van der Waals surface area contributed by atoms with E-state index in [0.29, 0.717) is 28.1 Å². The van der Waals surface area contributed by atoms with Crippen molar-refractivity contribution in [1.29, 1.82) is 0 Å². The fourth-order valence-electron chi connectivity index (χ4n) is 2.37. The van der Waals surface area contributed by atoms with Gasteiger partial charge >= 0.3 is 0 Å². The molecular formula is C20H16BrNO2. The van der Waals surface area contributed by atoms with E-state index in [1.165, 1.54) is 5.56 Å². The number of pyridine rings is 1. The van der Waals surface area contributed by atoms with E-state index in [1.807, 2.05) is 30.3 Å². The van der Waals surface area contributed by atoms with Gasteiger partial charge in [-0.25, -0.2) is 4.98 Å². The minimum Gasteiger partial charge on any atom is -0.489 e. The third kappa shape index (κ3) is 3.71. The molecule has 0 aliphatic heterocycles. The standard InChI is InChI=1S/C20H16BrNO2/c1-14-6-2-3-7-16(14)13-24-17-9-4-8-15(12-17)19(23)18-10-5-11-22-20(18)21/h2-12H,13H2,1H3. The van der Waals surface area contributed by atoms with Crippen molar-refractivity contribution in [3.05, 3.63) is 93.7 Å². The van der Waals surface area contributed by atoms with Crippen LogP contribution in [-0.4, -0.2) is 10.8 Å². The summed E-state index contributed by atoms with van der Waals surface area (Å²) in [6.45, 7) is 2.53. The number of carbonyl (C=O) groups is 1. The summed E-state index contributed by atoms with van der Waals surface area (Å²) in [4.78, 5) is 16.7. The molecule has 0 aliphatic carbocycles. The van der Waals surface area contributed by atoms with Crippen molar-refractivity contribution in [2.75, 3.05) is 0 Å². The van der Waals surface area contributed by atoms with Gasteiger partial charge in [0.1, 0.15) is 17.0 Å². The summed E-state index contributed by atoms with van der Waals surface area (Å²) in [5.74, 6) is 0.584. The van der Waals surface area contributed by atoms with E-state index < -0.39 is 0 Å². The monoisotopic (exact) mass is 381 g/mol. The lowest BCUT2D eigenvalue weighted by molar-refractivity contribution is 0.103. The Bertz CT molecular complexity index is 877. The van der Waals surface area contributed by atoms with Crippen molar-refractivity contribution >= 4 is 21.7 Å². The number of hydrogen-bond donors (Lipinski definition) is 0. The molecule has 0 amide bonds. The summed E-state index contributed by atoms with van der Waals surface area (Å²) in [6, 6.07) is 18.8. The first kappa shape index (κ1) is 16.4. The molecule has 0 aliphatic rings. The van der Waals surface area contributed by atoms with Gasteiger partial charge in [-0.05, 0) is 58.2 Å². The summed E-state index contributed by atoms with van der Waals surface area (Å²) in [5, 5.41) is 0. The molecule has 1 heterocycles. The topological polar surface area (TPSA) is 39.2 Å². The van der Waals surface area contributed by atoms with E-state index in [9.17, 15) is 4.79 Å². The highest BCUT2D eigenvalue weighted by Crippen LogP contribution is 2.21. The summed E-state index contributed by atoms with van der Waals surface area (Å²) < 4.78 is 6.39. The molecule has 0 atom stereocenters. The van der Waals surface area contributed by atoms with Crippen LogP contribution < -0.4 is 4.74 Å². The zero-order valence-corrected chi connectivity index (χ0v) is 14.8. The summed E-state index contributed by atoms with van der Waals surface area (Å²) in [6.07, 6.45) is 1.64. The lowest BCUT2D eigenvalue weighted by Gasteiger charge is -2.10. The minimum atomic E-state index is -0.0867. The summed E-state index contributed by atoms with van der Waals surface area (Å²) in [7, 11) is 0. The van der Waals surface area contributed by atoms with Crippen LogP contribution in [0.3, 0.4) is 0 Å². The van der Waals surface area contributed by atoms with Crippen molar-refractivity contribution < 1.29 is 9.53 Å². The van der Waals surface area contributed by atoms with E-state index in [4.69, 9.17) is 4.74 Å². The molecule has 3 nitrogen and oxygen atoms in total. The molecule has 4 heteroatoms. The fourth-order valence-corrected chi connectivity index (χ4v) is 2.80. The predicted octanol–water partition coefficient (Wildman–Crippen LogP) is 4.96. The number of halogens is 1. The second-order valence-corrected chi connectivity index (χ2v) is 6.17. The zero-order chi connectivity index (χ0) is 16.9. The van der Waals surface area contributed by atoms with E-state index in [1.54, 1.807) is 30.5 Å². The maximum absolute atomic E-state index is 12.6. The quantitative estimate of drug-likeness (QED) is 0.462. The van der Waals surface area contributed by atoms with Gasteiger partial charge in [0.25, 0.3) is 0 Å². The van der Waals surface area contributed by atoms with Crippen LogP contribution in [0.1, 0.15) is 27.0 Å². The van der Waals surface area contributed by atoms with Crippen molar-refractivity contribution in [1.82, 2.24) is 4.98 Å². The number of aromatic nitrogens is 1. The van der Waals surface area contributed by atoms with Gasteiger partial charge in [-0.2, -0.15) is 0 Å². The molecule has 0 spiro atoms. The molecule has 2 aromatic carbocycles. The van der Waals surface area contributed by atoms with Gasteiger partial charge in [0.2, 0.25) is 0 Å². The highest BCUT2D eigenvalue weighted by Gasteiger charge is 2.13. The van der Waals surface area contributed by atoms with Gasteiger partial charge in [0.05, 0.1) is 5.56 Å². The molecule has 0 radical (unpaired) electrons. The second kappa shape index (κ2) is 7.41. The van der Waals surface area contributed by atoms with Crippen molar-refractivity contribution in [3.8, 4) is 5.75 Å². The molecule has 120 valence electrons. The van der Waals surface area contributed by atoms with Gasteiger partial charge in [-0.15, -0.1) is 0 Å². The van der Waals surface area contributed by atoms with Gasteiger partial charge in [-0.1, -0.05) is 36.4 Å². The number of rotatable bonds is 5. The SMILES string of the molecule is Cc1ccccc1COc1cccc(C(=O)c2cccnc2Br)c1. The molecule has 3 aromatic rings. The number of benzene rings is 2. The van der Waals surface area contributed by atoms with Crippen LogP contribution in [0, 0.1) is 6.92 Å². The van der Waals surface area contributed by atoms with Crippen LogP contribution >= 0.6 is 15.9 Å². The van der Waals surface area contributed by atoms with E-state index >= 15 is 0 Å². The van der Waals surface area contributed by atoms with Crippen LogP contribution in [0.2, 0.25) is 0 Å². The Balaban J connectivity index is 1.78. The van der Waals surface area contributed by atoms with Crippen molar-refractivity contribution in [2.45, 2.75) is 13.5 Å². The molecule has 0 saturated heterocycles. The number of ether oxygens (including phenoxy) is 1. The molecule has 0 N–H and O–H groups in total. The Kier molecular flexibility index (Phi) is 5.06. The van der Waals surface area contributed by atoms with Gasteiger partial charge in [0, 0.05) is 11.8 Å². The van der Waals surface area contributed by atoms with Gasteiger partial charge in [-0.3, -0.25) is 4.79 Å². The Morgan fingerprint density at radius 2 is 1.92 bits per heavy atom. The average Bonchev–Trinajstić information content (AvgIpc) is 2.61. The highest BCUT2D eigenvalue weighted by atomic mass is 79.9. The van der Waals surface area contributed by atoms with Crippen molar-refractivity contribution in [2.24, 2.45) is 0 Å². The van der Waals surface area contributed by atoms with Crippen molar-refractivity contribution in [3.63, 3.8) is 0 Å². The zero-order valence-electron chi connectivity index (χ0n) is 13.2. The number of carbonyl (C=O) groups excluding carboxylic acids is 1. The first-order chi connectivity index (χ1) is 11.6. The van der Waals surface area contributed by atoms with Gasteiger partial charge in [0.15, 0.2) is 5.78 Å². The third-order valence-electron chi connectivity index (χ3n) is 3.76. The van der Waals surface area contributed by atoms with E-state index in [-0.39, 0.29) is 5.78 Å². The first-order valence-corrected chi connectivity index (χ1v) is 8.37. The summed E-state index contributed by atoms with van der Waals surface area (Å²) >= 11 is 3.32. The molecule has 0 fully saturated rings. The highest BCUT2D eigenvalue weighted by molar-refractivity contribution is 9.10. The van der Waals surface area contributed by atoms with E-state index in [2.05, 4.69) is 33.9 Å². The largest absolute Gasteiger partial charge is 0.489 e. The molecule has 3 rings (SSSR count). The van der Waals surface area contributed by atoms with Gasteiger partial charge < -0.3 is 4.74 Å². The smallest absolute Gasteiger partial charge is 0.195 e. The van der Waals surface area contributed by atoms with Crippen LogP contribution in [0.5, 0.6) is 5.75 Å². The van der Waals surface area contributed by atoms with Crippen LogP contribution in [0.25, 0.3) is 0 Å². The molecule has 1 aromatic heterocycles. The summed E-state index contributed by atoms with van der Waals surface area (Å²) in [5.41, 5.74) is 3.42. The first-order valence-electron chi connectivity index (χ1n) is 7.58. The van der Waals surface area contributed by atoms with Crippen LogP contribution in [-0.2, 0) is 6.61 Å². The van der Waals surface area contributed by atoms with E-state index in [0.717, 1.165) is 5.56 Å². The molecule has 24 heavy (non-hydrogen) atoms. The number of hydrogen-bond acceptors (Lipinski definition) is 3. The molecular weight excluding hydrogens is 366 g/mol. The van der Waals surface area contributed by atoms with Crippen LogP contribution in [0.4, 0.5) is 0 Å². The molecule has 0 unspecified atom stereocenters. The predicted molar refractivity (Wildman–Crippen MR) is 97.3 cm³/mol. The number of nitrogens with zero attached hydrogens (tertiary/aromatic N) is 1. The minimum absolute atomic E-state index is 0.0867. The maximum atomic E-state index is 12.6. The maximum Gasteiger partial charge on any atom is 0.195 e. The van der Waals surface area contributed by atoms with Crippen LogP contribution in [0.15, 0.2) is 71.5 Å². The lowest BCUT2D eigenvalue weighted by Crippen LogP contribution is -2.04. The lowest BCUT2D eigenvalue weighted by atomic mass is 10.0. The second-order valence-electron chi connectivity index (χ2n) is 5.41. The Morgan fingerprint density at radius 3 is 2.71 bits per heavy atom. The average molecular weight is 382 g/mol. The fraction of sp³-hybridized carbons (Fsp3) is 0.100. The molecule has 0 bridgehead atoms. The normalized spacial score (nSPS) is 10.4.